The highest BCUT2D eigenvalue weighted by atomic mass is 19.4. The first-order valence-electron chi connectivity index (χ1n) is 7.22. The lowest BCUT2D eigenvalue weighted by Gasteiger charge is -2.06. The molecule has 1 aromatic carbocycles. The predicted octanol–water partition coefficient (Wildman–Crippen LogP) is 4.32. The fraction of sp³-hybridized carbons (Fsp3) is 0.118. The van der Waals surface area contributed by atoms with Crippen LogP contribution in [0.4, 0.5) is 18.9 Å². The van der Waals surface area contributed by atoms with Crippen molar-refractivity contribution in [3.63, 3.8) is 0 Å². The van der Waals surface area contributed by atoms with E-state index in [2.05, 4.69) is 15.3 Å². The summed E-state index contributed by atoms with van der Waals surface area (Å²) in [6.45, 7) is 1.75. The first kappa shape index (κ1) is 16.7. The summed E-state index contributed by atoms with van der Waals surface area (Å²) in [5.74, 6) is -2.74. The maximum Gasteiger partial charge on any atom is 0.452 e. The van der Waals surface area contributed by atoms with E-state index in [4.69, 9.17) is 4.42 Å². The topological polar surface area (TPSA) is 68.0 Å². The van der Waals surface area contributed by atoms with Crippen molar-refractivity contribution in [1.29, 1.82) is 0 Å². The molecule has 0 unspecified atom stereocenters. The maximum absolute atomic E-state index is 13.2. The van der Waals surface area contributed by atoms with E-state index in [9.17, 15) is 18.0 Å². The monoisotopic (exact) mass is 347 g/mol. The summed E-state index contributed by atoms with van der Waals surface area (Å²) in [5, 5.41) is 2.34. The second kappa shape index (κ2) is 6.39. The van der Waals surface area contributed by atoms with E-state index in [-0.39, 0.29) is 11.6 Å². The molecule has 3 rings (SSSR count). The summed E-state index contributed by atoms with van der Waals surface area (Å²) in [7, 11) is 0. The van der Waals surface area contributed by atoms with E-state index in [1.807, 2.05) is 0 Å². The fourth-order valence-electron chi connectivity index (χ4n) is 2.10. The van der Waals surface area contributed by atoms with Crippen LogP contribution in [0.1, 0.15) is 21.9 Å². The summed E-state index contributed by atoms with van der Waals surface area (Å²) in [4.78, 5) is 20.0. The number of aryl methyl sites for hydroxylation is 1. The highest BCUT2D eigenvalue weighted by molar-refractivity contribution is 6.03. The molecule has 0 atom stereocenters. The Morgan fingerprint density at radius 2 is 1.84 bits per heavy atom. The molecule has 5 nitrogen and oxygen atoms in total. The zero-order valence-electron chi connectivity index (χ0n) is 13.0. The SMILES string of the molecule is Cc1ccc(NC(=O)c2nc(-c3ccccc3)oc2C(F)(F)F)cn1. The van der Waals surface area contributed by atoms with E-state index < -0.39 is 23.5 Å². The van der Waals surface area contributed by atoms with Crippen molar-refractivity contribution in [2.24, 2.45) is 0 Å². The number of amides is 1. The van der Waals surface area contributed by atoms with Crippen LogP contribution in [0.25, 0.3) is 11.5 Å². The van der Waals surface area contributed by atoms with Gasteiger partial charge < -0.3 is 9.73 Å². The third kappa shape index (κ3) is 3.68. The number of nitrogens with zero attached hydrogens (tertiary/aromatic N) is 2. The van der Waals surface area contributed by atoms with Crippen molar-refractivity contribution in [3.8, 4) is 11.5 Å². The molecule has 3 aromatic rings. The van der Waals surface area contributed by atoms with Gasteiger partial charge in [-0.2, -0.15) is 13.2 Å². The molecular weight excluding hydrogens is 335 g/mol. The number of nitrogens with one attached hydrogen (secondary N) is 1. The lowest BCUT2D eigenvalue weighted by Crippen LogP contribution is -2.18. The smallest absolute Gasteiger partial charge is 0.431 e. The fourth-order valence-corrected chi connectivity index (χ4v) is 2.10. The molecule has 0 fully saturated rings. The molecule has 0 aliphatic carbocycles. The molecule has 0 spiro atoms. The lowest BCUT2D eigenvalue weighted by molar-refractivity contribution is -0.153. The first-order valence-corrected chi connectivity index (χ1v) is 7.22. The molecule has 1 N–H and O–H groups in total. The van der Waals surface area contributed by atoms with Crippen molar-refractivity contribution in [1.82, 2.24) is 9.97 Å². The molecule has 0 radical (unpaired) electrons. The van der Waals surface area contributed by atoms with Crippen molar-refractivity contribution in [2.75, 3.05) is 5.32 Å². The van der Waals surface area contributed by atoms with Crippen LogP contribution in [0, 0.1) is 6.92 Å². The van der Waals surface area contributed by atoms with Crippen molar-refractivity contribution in [3.05, 3.63) is 65.8 Å². The number of rotatable bonds is 3. The molecule has 2 aromatic heterocycles. The Hall–Kier alpha value is -3.16. The average molecular weight is 347 g/mol. The highest BCUT2D eigenvalue weighted by Gasteiger charge is 2.42. The molecule has 0 bridgehead atoms. The van der Waals surface area contributed by atoms with Crippen LogP contribution in [0.3, 0.4) is 0 Å². The van der Waals surface area contributed by atoms with Gasteiger partial charge in [0, 0.05) is 11.3 Å². The minimum absolute atomic E-state index is 0.257. The second-order valence-electron chi connectivity index (χ2n) is 5.20. The predicted molar refractivity (Wildman–Crippen MR) is 83.9 cm³/mol. The Morgan fingerprint density at radius 3 is 2.44 bits per heavy atom. The first-order chi connectivity index (χ1) is 11.8. The molecule has 25 heavy (non-hydrogen) atoms. The number of carbonyl (C=O) groups excluding carboxylic acids is 1. The Labute approximate surface area is 140 Å². The largest absolute Gasteiger partial charge is 0.452 e. The summed E-state index contributed by atoms with van der Waals surface area (Å²) in [6, 6.07) is 11.2. The van der Waals surface area contributed by atoms with Crippen LogP contribution in [0.5, 0.6) is 0 Å². The molecule has 0 saturated carbocycles. The lowest BCUT2D eigenvalue weighted by atomic mass is 10.2. The van der Waals surface area contributed by atoms with Gasteiger partial charge in [-0.3, -0.25) is 9.78 Å². The number of benzene rings is 1. The van der Waals surface area contributed by atoms with Crippen LogP contribution in [0.15, 0.2) is 53.1 Å². The molecule has 1 amide bonds. The number of anilines is 1. The number of aromatic nitrogens is 2. The van der Waals surface area contributed by atoms with Gasteiger partial charge in [0.2, 0.25) is 11.7 Å². The number of hydrogen-bond donors (Lipinski definition) is 1. The Bertz CT molecular complexity index is 888. The van der Waals surface area contributed by atoms with E-state index in [1.54, 1.807) is 31.2 Å². The van der Waals surface area contributed by atoms with Crippen LogP contribution in [0.2, 0.25) is 0 Å². The summed E-state index contributed by atoms with van der Waals surface area (Å²) >= 11 is 0. The van der Waals surface area contributed by atoms with Crippen LogP contribution >= 0.6 is 0 Å². The average Bonchev–Trinajstić information content (AvgIpc) is 3.04. The van der Waals surface area contributed by atoms with E-state index in [0.717, 1.165) is 0 Å². The quantitative estimate of drug-likeness (QED) is 0.766. The Balaban J connectivity index is 1.97. The zero-order chi connectivity index (χ0) is 18.0. The van der Waals surface area contributed by atoms with Crippen LogP contribution in [-0.4, -0.2) is 15.9 Å². The molecule has 0 aliphatic rings. The number of hydrogen-bond acceptors (Lipinski definition) is 4. The molecule has 2 heterocycles. The number of pyridine rings is 1. The van der Waals surface area contributed by atoms with E-state index >= 15 is 0 Å². The highest BCUT2D eigenvalue weighted by Crippen LogP contribution is 2.35. The number of halogens is 3. The Kier molecular flexibility index (Phi) is 4.26. The zero-order valence-corrected chi connectivity index (χ0v) is 13.0. The minimum atomic E-state index is -4.85. The van der Waals surface area contributed by atoms with Gasteiger partial charge in [0.25, 0.3) is 5.91 Å². The number of carbonyl (C=O) groups is 1. The van der Waals surface area contributed by atoms with E-state index in [0.29, 0.717) is 11.3 Å². The third-order valence-corrected chi connectivity index (χ3v) is 3.29. The standard InChI is InChI=1S/C17H12F3N3O2/c1-10-7-8-12(9-21-10)22-15(24)13-14(17(18,19)20)25-16(23-13)11-5-3-2-4-6-11/h2-9H,1H3,(H,22,24). The summed E-state index contributed by atoms with van der Waals surface area (Å²) in [5.41, 5.74) is 0.478. The minimum Gasteiger partial charge on any atom is -0.431 e. The molecule has 8 heteroatoms. The molecule has 0 aliphatic heterocycles. The molecule has 0 saturated heterocycles. The van der Waals surface area contributed by atoms with Crippen molar-refractivity contribution >= 4 is 11.6 Å². The third-order valence-electron chi connectivity index (χ3n) is 3.29. The van der Waals surface area contributed by atoms with Gasteiger partial charge in [0.05, 0.1) is 11.9 Å². The molecular formula is C17H12F3N3O2. The summed E-state index contributed by atoms with van der Waals surface area (Å²) in [6.07, 6.45) is -3.50. The normalized spacial score (nSPS) is 11.4. The van der Waals surface area contributed by atoms with Crippen LogP contribution < -0.4 is 5.32 Å². The molecule has 128 valence electrons. The van der Waals surface area contributed by atoms with Crippen molar-refractivity contribution in [2.45, 2.75) is 13.1 Å². The Morgan fingerprint density at radius 1 is 1.12 bits per heavy atom. The van der Waals surface area contributed by atoms with Crippen molar-refractivity contribution < 1.29 is 22.4 Å². The number of oxazole rings is 1. The van der Waals surface area contributed by atoms with Gasteiger partial charge in [-0.15, -0.1) is 0 Å². The van der Waals surface area contributed by atoms with Gasteiger partial charge >= 0.3 is 6.18 Å². The summed E-state index contributed by atoms with van der Waals surface area (Å²) < 4.78 is 44.4. The van der Waals surface area contributed by atoms with Gasteiger partial charge in [-0.25, -0.2) is 4.98 Å². The van der Waals surface area contributed by atoms with Crippen LogP contribution in [-0.2, 0) is 6.18 Å². The van der Waals surface area contributed by atoms with E-state index in [1.165, 1.54) is 24.4 Å². The number of alkyl halides is 3. The van der Waals surface area contributed by atoms with Gasteiger partial charge in [0.1, 0.15) is 0 Å². The van der Waals surface area contributed by atoms with Gasteiger partial charge in [-0.05, 0) is 31.2 Å². The maximum atomic E-state index is 13.2. The van der Waals surface area contributed by atoms with Gasteiger partial charge in [0.15, 0.2) is 5.69 Å². The van der Waals surface area contributed by atoms with Gasteiger partial charge in [-0.1, -0.05) is 18.2 Å². The second-order valence-corrected chi connectivity index (χ2v) is 5.20.